The molecule has 1 aliphatic heterocycles. The van der Waals surface area contributed by atoms with Gasteiger partial charge in [-0.25, -0.2) is 14.8 Å². The second-order valence-corrected chi connectivity index (χ2v) is 7.04. The molecule has 4 rings (SSSR count). The van der Waals surface area contributed by atoms with Gasteiger partial charge in [0.05, 0.1) is 6.33 Å². The van der Waals surface area contributed by atoms with E-state index in [9.17, 15) is 4.79 Å². The Bertz CT molecular complexity index is 876. The van der Waals surface area contributed by atoms with Crippen molar-refractivity contribution in [3.63, 3.8) is 0 Å². The number of piperidine rings is 1. The van der Waals surface area contributed by atoms with Crippen LogP contribution < -0.4 is 5.32 Å². The highest BCUT2D eigenvalue weighted by Gasteiger charge is 2.23. The van der Waals surface area contributed by atoms with Crippen LogP contribution in [0, 0.1) is 5.92 Å². The molecular formula is C19H24N8O. The molecule has 0 radical (unpaired) electrons. The van der Waals surface area contributed by atoms with Gasteiger partial charge in [0.25, 0.3) is 0 Å². The van der Waals surface area contributed by atoms with Crippen molar-refractivity contribution in [1.82, 2.24) is 39.9 Å². The minimum Gasteiger partial charge on any atom is -0.338 e. The molecule has 146 valence electrons. The third-order valence-electron chi connectivity index (χ3n) is 4.92. The molecule has 0 bridgehead atoms. The van der Waals surface area contributed by atoms with Gasteiger partial charge in [0, 0.05) is 63.0 Å². The summed E-state index contributed by atoms with van der Waals surface area (Å²) in [6.07, 6.45) is 11.8. The van der Waals surface area contributed by atoms with Crippen molar-refractivity contribution in [3.05, 3.63) is 49.1 Å². The molecule has 2 amide bonds. The fraction of sp³-hybridized carbons (Fsp3) is 0.421. The monoisotopic (exact) mass is 380 g/mol. The molecular weight excluding hydrogens is 356 g/mol. The molecule has 0 unspecified atom stereocenters. The SMILES string of the molecule is O=C(NCCc1nc(-c2cccnc2)n[nH]1)N1CCC[C@@H](Cn2ccnc2)C1. The van der Waals surface area contributed by atoms with Gasteiger partial charge >= 0.3 is 6.03 Å². The Morgan fingerprint density at radius 2 is 2.29 bits per heavy atom. The number of hydrogen-bond donors (Lipinski definition) is 2. The number of rotatable bonds is 6. The molecule has 0 aromatic carbocycles. The lowest BCUT2D eigenvalue weighted by Crippen LogP contribution is -2.46. The molecule has 4 heterocycles. The lowest BCUT2D eigenvalue weighted by molar-refractivity contribution is 0.159. The Morgan fingerprint density at radius 1 is 1.32 bits per heavy atom. The highest BCUT2D eigenvalue weighted by atomic mass is 16.2. The number of amides is 2. The van der Waals surface area contributed by atoms with E-state index in [0.29, 0.717) is 24.7 Å². The molecule has 1 fully saturated rings. The highest BCUT2D eigenvalue weighted by Crippen LogP contribution is 2.18. The normalized spacial score (nSPS) is 16.9. The van der Waals surface area contributed by atoms with Crippen molar-refractivity contribution in [1.29, 1.82) is 0 Å². The first kappa shape index (κ1) is 18.1. The largest absolute Gasteiger partial charge is 0.338 e. The molecule has 0 saturated carbocycles. The van der Waals surface area contributed by atoms with Crippen molar-refractivity contribution < 1.29 is 4.79 Å². The number of aromatic amines is 1. The average molecular weight is 380 g/mol. The molecule has 0 aliphatic carbocycles. The first-order valence-corrected chi connectivity index (χ1v) is 9.58. The zero-order valence-electron chi connectivity index (χ0n) is 15.7. The van der Waals surface area contributed by atoms with Crippen LogP contribution in [-0.2, 0) is 13.0 Å². The minimum absolute atomic E-state index is 0.0117. The van der Waals surface area contributed by atoms with Crippen LogP contribution in [0.5, 0.6) is 0 Å². The molecule has 1 atom stereocenters. The highest BCUT2D eigenvalue weighted by molar-refractivity contribution is 5.74. The maximum Gasteiger partial charge on any atom is 0.317 e. The van der Waals surface area contributed by atoms with E-state index in [1.165, 1.54) is 0 Å². The van der Waals surface area contributed by atoms with Crippen molar-refractivity contribution >= 4 is 6.03 Å². The summed E-state index contributed by atoms with van der Waals surface area (Å²) in [7, 11) is 0. The molecule has 3 aromatic rings. The number of nitrogens with one attached hydrogen (secondary N) is 2. The van der Waals surface area contributed by atoms with E-state index in [1.54, 1.807) is 18.6 Å². The Balaban J connectivity index is 1.24. The predicted molar refractivity (Wildman–Crippen MR) is 103 cm³/mol. The van der Waals surface area contributed by atoms with Crippen LogP contribution >= 0.6 is 0 Å². The molecule has 28 heavy (non-hydrogen) atoms. The molecule has 1 saturated heterocycles. The minimum atomic E-state index is -0.0117. The standard InChI is InChI=1S/C19H24N8O/c28-19(27-9-2-3-15(13-27)12-26-10-8-21-14-26)22-7-5-17-23-18(25-24-17)16-4-1-6-20-11-16/h1,4,6,8,10-11,14-15H,2-3,5,7,9,12-13H2,(H,22,28)(H,23,24,25)/t15-/m0/s1. The van der Waals surface area contributed by atoms with Crippen LogP contribution in [0.25, 0.3) is 11.4 Å². The topological polar surface area (TPSA) is 105 Å². The Hall–Kier alpha value is -3.23. The van der Waals surface area contributed by atoms with Gasteiger partial charge in [0.2, 0.25) is 0 Å². The molecule has 9 heteroatoms. The second kappa shape index (κ2) is 8.64. The average Bonchev–Trinajstić information content (AvgIpc) is 3.41. The Morgan fingerprint density at radius 3 is 3.11 bits per heavy atom. The lowest BCUT2D eigenvalue weighted by atomic mass is 9.98. The fourth-order valence-electron chi connectivity index (χ4n) is 3.52. The van der Waals surface area contributed by atoms with Crippen LogP contribution in [0.3, 0.4) is 0 Å². The number of nitrogens with zero attached hydrogens (tertiary/aromatic N) is 6. The van der Waals surface area contributed by atoms with Gasteiger partial charge in [-0.2, -0.15) is 5.10 Å². The van der Waals surface area contributed by atoms with Crippen molar-refractivity contribution in [3.8, 4) is 11.4 Å². The summed E-state index contributed by atoms with van der Waals surface area (Å²) < 4.78 is 2.08. The maximum atomic E-state index is 12.5. The van der Waals surface area contributed by atoms with Gasteiger partial charge in [-0.1, -0.05) is 0 Å². The summed E-state index contributed by atoms with van der Waals surface area (Å²) in [5.74, 6) is 1.83. The van der Waals surface area contributed by atoms with Crippen LogP contribution in [-0.4, -0.2) is 60.3 Å². The summed E-state index contributed by atoms with van der Waals surface area (Å²) in [4.78, 5) is 27.0. The number of likely N-dealkylation sites (tertiary alicyclic amines) is 1. The number of H-pyrrole nitrogens is 1. The number of urea groups is 1. The number of carbonyl (C=O) groups excluding carboxylic acids is 1. The van der Waals surface area contributed by atoms with Crippen LogP contribution in [0.2, 0.25) is 0 Å². The summed E-state index contributed by atoms with van der Waals surface area (Å²) in [6.45, 7) is 3.00. The van der Waals surface area contributed by atoms with E-state index in [4.69, 9.17) is 0 Å². The number of imidazole rings is 1. The van der Waals surface area contributed by atoms with E-state index in [2.05, 4.69) is 35.0 Å². The van der Waals surface area contributed by atoms with Crippen LogP contribution in [0.4, 0.5) is 4.79 Å². The second-order valence-electron chi connectivity index (χ2n) is 7.04. The van der Waals surface area contributed by atoms with Gasteiger partial charge in [-0.05, 0) is 30.9 Å². The maximum absolute atomic E-state index is 12.5. The van der Waals surface area contributed by atoms with Crippen molar-refractivity contribution in [2.24, 2.45) is 5.92 Å². The summed E-state index contributed by atoms with van der Waals surface area (Å²) in [5, 5.41) is 10.1. The number of hydrogen-bond acceptors (Lipinski definition) is 5. The van der Waals surface area contributed by atoms with Gasteiger partial charge in [-0.3, -0.25) is 10.1 Å². The fourth-order valence-corrected chi connectivity index (χ4v) is 3.52. The van der Waals surface area contributed by atoms with Crippen LogP contribution in [0.1, 0.15) is 18.7 Å². The smallest absolute Gasteiger partial charge is 0.317 e. The van der Waals surface area contributed by atoms with E-state index in [0.717, 1.165) is 43.9 Å². The van der Waals surface area contributed by atoms with Gasteiger partial charge < -0.3 is 14.8 Å². The first-order chi connectivity index (χ1) is 13.8. The summed E-state index contributed by atoms with van der Waals surface area (Å²) >= 11 is 0. The first-order valence-electron chi connectivity index (χ1n) is 9.58. The molecule has 9 nitrogen and oxygen atoms in total. The third-order valence-corrected chi connectivity index (χ3v) is 4.92. The van der Waals surface area contributed by atoms with Crippen molar-refractivity contribution in [2.75, 3.05) is 19.6 Å². The molecule has 0 spiro atoms. The van der Waals surface area contributed by atoms with E-state index in [-0.39, 0.29) is 6.03 Å². The van der Waals surface area contributed by atoms with Gasteiger partial charge in [0.1, 0.15) is 5.82 Å². The molecule has 3 aromatic heterocycles. The summed E-state index contributed by atoms with van der Waals surface area (Å²) in [6, 6.07) is 3.75. The number of pyridine rings is 1. The van der Waals surface area contributed by atoms with E-state index >= 15 is 0 Å². The zero-order chi connectivity index (χ0) is 19.2. The number of aromatic nitrogens is 6. The summed E-state index contributed by atoms with van der Waals surface area (Å²) in [5.41, 5.74) is 0.867. The Labute approximate surface area is 163 Å². The molecule has 2 N–H and O–H groups in total. The van der Waals surface area contributed by atoms with Gasteiger partial charge in [0.15, 0.2) is 5.82 Å². The quantitative estimate of drug-likeness (QED) is 0.678. The molecule has 1 aliphatic rings. The zero-order valence-corrected chi connectivity index (χ0v) is 15.7. The van der Waals surface area contributed by atoms with Crippen molar-refractivity contribution in [2.45, 2.75) is 25.8 Å². The van der Waals surface area contributed by atoms with E-state index in [1.807, 2.05) is 29.6 Å². The van der Waals surface area contributed by atoms with Gasteiger partial charge in [-0.15, -0.1) is 0 Å². The predicted octanol–water partition coefficient (Wildman–Crippen LogP) is 1.73. The lowest BCUT2D eigenvalue weighted by Gasteiger charge is -2.32. The number of carbonyl (C=O) groups is 1. The van der Waals surface area contributed by atoms with E-state index < -0.39 is 0 Å². The third kappa shape index (κ3) is 4.54. The van der Waals surface area contributed by atoms with Crippen LogP contribution in [0.15, 0.2) is 43.2 Å². The Kier molecular flexibility index (Phi) is 5.60.